The van der Waals surface area contributed by atoms with Crippen LogP contribution in [0.5, 0.6) is 0 Å². The molecule has 1 amide bonds. The highest BCUT2D eigenvalue weighted by atomic mass is 16.5. The summed E-state index contributed by atoms with van der Waals surface area (Å²) in [5.74, 6) is 0.357. The Bertz CT molecular complexity index is 577. The summed E-state index contributed by atoms with van der Waals surface area (Å²) in [6, 6.07) is 4.11. The molecule has 3 heterocycles. The highest BCUT2D eigenvalue weighted by Gasteiger charge is 2.46. The number of hydrogen-bond acceptors (Lipinski definition) is 4. The zero-order valence-corrected chi connectivity index (χ0v) is 15.0. The van der Waals surface area contributed by atoms with Gasteiger partial charge in [-0.1, -0.05) is 6.07 Å². The van der Waals surface area contributed by atoms with Gasteiger partial charge in [0.25, 0.3) is 0 Å². The SMILES string of the molecule is COCCN1CCC2(CCCN(Cc3ncccc3C)CC2)C1=O. The molecular weight excluding hydrogens is 302 g/mol. The van der Waals surface area contributed by atoms with Gasteiger partial charge in [0.2, 0.25) is 5.91 Å². The maximum absolute atomic E-state index is 12.9. The third kappa shape index (κ3) is 3.62. The molecule has 132 valence electrons. The van der Waals surface area contributed by atoms with Crippen molar-refractivity contribution in [2.24, 2.45) is 5.41 Å². The molecule has 5 heteroatoms. The maximum atomic E-state index is 12.9. The first-order chi connectivity index (χ1) is 11.6. The number of methoxy groups -OCH3 is 1. The van der Waals surface area contributed by atoms with E-state index in [1.165, 1.54) is 5.56 Å². The Kier molecular flexibility index (Phi) is 5.51. The fraction of sp³-hybridized carbons (Fsp3) is 0.684. The molecule has 2 fully saturated rings. The van der Waals surface area contributed by atoms with Crippen LogP contribution in [0, 0.1) is 12.3 Å². The number of carbonyl (C=O) groups excluding carboxylic acids is 1. The van der Waals surface area contributed by atoms with E-state index in [0.717, 1.165) is 64.1 Å². The van der Waals surface area contributed by atoms with E-state index in [1.54, 1.807) is 7.11 Å². The minimum Gasteiger partial charge on any atom is -0.383 e. The van der Waals surface area contributed by atoms with E-state index in [-0.39, 0.29) is 5.41 Å². The number of nitrogens with zero attached hydrogens (tertiary/aromatic N) is 3. The Morgan fingerprint density at radius 2 is 2.08 bits per heavy atom. The molecule has 3 rings (SSSR count). The van der Waals surface area contributed by atoms with Crippen LogP contribution in [0.2, 0.25) is 0 Å². The number of pyridine rings is 1. The fourth-order valence-electron chi connectivity index (χ4n) is 4.08. The van der Waals surface area contributed by atoms with Crippen molar-refractivity contribution in [3.8, 4) is 0 Å². The molecule has 0 bridgehead atoms. The highest BCUT2D eigenvalue weighted by Crippen LogP contribution is 2.41. The Hall–Kier alpha value is -1.46. The summed E-state index contributed by atoms with van der Waals surface area (Å²) >= 11 is 0. The van der Waals surface area contributed by atoms with Crippen LogP contribution >= 0.6 is 0 Å². The second-order valence-corrected chi connectivity index (χ2v) is 7.21. The average Bonchev–Trinajstić information content (AvgIpc) is 2.76. The summed E-state index contributed by atoms with van der Waals surface area (Å²) in [5.41, 5.74) is 2.29. The number of rotatable bonds is 5. The van der Waals surface area contributed by atoms with Crippen LogP contribution in [0.4, 0.5) is 0 Å². The smallest absolute Gasteiger partial charge is 0.228 e. The second-order valence-electron chi connectivity index (χ2n) is 7.21. The molecule has 2 saturated heterocycles. The lowest BCUT2D eigenvalue weighted by atomic mass is 9.79. The first-order valence-corrected chi connectivity index (χ1v) is 9.06. The van der Waals surface area contributed by atoms with E-state index < -0.39 is 0 Å². The molecule has 1 aromatic rings. The van der Waals surface area contributed by atoms with Gasteiger partial charge in [-0.2, -0.15) is 0 Å². The van der Waals surface area contributed by atoms with E-state index in [0.29, 0.717) is 12.5 Å². The minimum absolute atomic E-state index is 0.123. The summed E-state index contributed by atoms with van der Waals surface area (Å²) < 4.78 is 5.14. The minimum atomic E-state index is -0.123. The Balaban J connectivity index is 1.61. The van der Waals surface area contributed by atoms with Gasteiger partial charge in [-0.15, -0.1) is 0 Å². The van der Waals surface area contributed by atoms with Crippen LogP contribution in [0.15, 0.2) is 18.3 Å². The van der Waals surface area contributed by atoms with Crippen LogP contribution in [-0.4, -0.2) is 60.6 Å². The molecule has 0 aliphatic carbocycles. The first-order valence-electron chi connectivity index (χ1n) is 9.06. The number of amides is 1. The molecule has 0 N–H and O–H groups in total. The van der Waals surface area contributed by atoms with Crippen molar-refractivity contribution in [3.63, 3.8) is 0 Å². The predicted octanol–water partition coefficient (Wildman–Crippen LogP) is 2.24. The van der Waals surface area contributed by atoms with Crippen LogP contribution in [0.3, 0.4) is 0 Å². The average molecular weight is 331 g/mol. The van der Waals surface area contributed by atoms with E-state index in [4.69, 9.17) is 4.74 Å². The largest absolute Gasteiger partial charge is 0.383 e. The van der Waals surface area contributed by atoms with Crippen LogP contribution in [0.1, 0.15) is 36.9 Å². The molecule has 1 spiro atoms. The second kappa shape index (κ2) is 7.62. The van der Waals surface area contributed by atoms with Crippen molar-refractivity contribution < 1.29 is 9.53 Å². The molecule has 1 aromatic heterocycles. The standard InChI is InChI=1S/C19H29N3O2/c1-16-5-3-9-20-17(16)15-21-10-4-6-19(7-11-21)8-12-22(18(19)23)13-14-24-2/h3,5,9H,4,6-8,10-15H2,1-2H3. The quantitative estimate of drug-likeness (QED) is 0.830. The Labute approximate surface area is 145 Å². The predicted molar refractivity (Wildman–Crippen MR) is 93.6 cm³/mol. The zero-order chi connectivity index (χ0) is 17.0. The van der Waals surface area contributed by atoms with Crippen molar-refractivity contribution in [1.29, 1.82) is 0 Å². The van der Waals surface area contributed by atoms with Gasteiger partial charge in [-0.3, -0.25) is 14.7 Å². The lowest BCUT2D eigenvalue weighted by Crippen LogP contribution is -2.37. The van der Waals surface area contributed by atoms with Gasteiger partial charge in [0.05, 0.1) is 17.7 Å². The van der Waals surface area contributed by atoms with Gasteiger partial charge < -0.3 is 9.64 Å². The first kappa shape index (κ1) is 17.4. The van der Waals surface area contributed by atoms with Gasteiger partial charge >= 0.3 is 0 Å². The number of carbonyl (C=O) groups is 1. The maximum Gasteiger partial charge on any atom is 0.228 e. The van der Waals surface area contributed by atoms with Crippen molar-refractivity contribution in [3.05, 3.63) is 29.6 Å². The zero-order valence-electron chi connectivity index (χ0n) is 15.0. The lowest BCUT2D eigenvalue weighted by Gasteiger charge is -2.26. The molecule has 1 unspecified atom stereocenters. The molecule has 0 saturated carbocycles. The molecule has 2 aliphatic rings. The molecule has 5 nitrogen and oxygen atoms in total. The summed E-state index contributed by atoms with van der Waals surface area (Å²) in [5, 5.41) is 0. The van der Waals surface area contributed by atoms with E-state index in [9.17, 15) is 4.79 Å². The van der Waals surface area contributed by atoms with Crippen LogP contribution in [-0.2, 0) is 16.1 Å². The summed E-state index contributed by atoms with van der Waals surface area (Å²) in [6.07, 6.45) is 5.96. The lowest BCUT2D eigenvalue weighted by molar-refractivity contribution is -0.137. The van der Waals surface area contributed by atoms with E-state index in [2.05, 4.69) is 22.9 Å². The van der Waals surface area contributed by atoms with Crippen molar-refractivity contribution in [1.82, 2.24) is 14.8 Å². The Morgan fingerprint density at radius 3 is 2.88 bits per heavy atom. The number of likely N-dealkylation sites (tertiary alicyclic amines) is 2. The third-order valence-electron chi connectivity index (χ3n) is 5.69. The molecule has 1 atom stereocenters. The van der Waals surface area contributed by atoms with Gasteiger partial charge in [-0.25, -0.2) is 0 Å². The van der Waals surface area contributed by atoms with Crippen LogP contribution in [0.25, 0.3) is 0 Å². The third-order valence-corrected chi connectivity index (χ3v) is 5.69. The monoisotopic (exact) mass is 331 g/mol. The molecular formula is C19H29N3O2. The number of hydrogen-bond donors (Lipinski definition) is 0. The van der Waals surface area contributed by atoms with Crippen molar-refractivity contribution in [2.45, 2.75) is 39.2 Å². The normalized spacial score (nSPS) is 25.4. The van der Waals surface area contributed by atoms with Crippen LogP contribution < -0.4 is 0 Å². The summed E-state index contributed by atoms with van der Waals surface area (Å²) in [6.45, 7) is 7.31. The molecule has 2 aliphatic heterocycles. The number of ether oxygens (including phenoxy) is 1. The molecule has 24 heavy (non-hydrogen) atoms. The fourth-order valence-corrected chi connectivity index (χ4v) is 4.08. The number of aromatic nitrogens is 1. The van der Waals surface area contributed by atoms with Gasteiger partial charge in [0, 0.05) is 32.9 Å². The highest BCUT2D eigenvalue weighted by molar-refractivity contribution is 5.84. The van der Waals surface area contributed by atoms with Crippen molar-refractivity contribution in [2.75, 3.05) is 39.9 Å². The Morgan fingerprint density at radius 1 is 1.25 bits per heavy atom. The van der Waals surface area contributed by atoms with Gasteiger partial charge in [0.15, 0.2) is 0 Å². The molecule has 0 radical (unpaired) electrons. The number of aryl methyl sites for hydroxylation is 1. The van der Waals surface area contributed by atoms with Gasteiger partial charge in [0.1, 0.15) is 0 Å². The summed E-state index contributed by atoms with van der Waals surface area (Å²) in [7, 11) is 1.69. The summed E-state index contributed by atoms with van der Waals surface area (Å²) in [4.78, 5) is 21.9. The van der Waals surface area contributed by atoms with Crippen molar-refractivity contribution >= 4 is 5.91 Å². The molecule has 0 aromatic carbocycles. The van der Waals surface area contributed by atoms with E-state index in [1.807, 2.05) is 17.2 Å². The van der Waals surface area contributed by atoms with Gasteiger partial charge in [-0.05, 0) is 57.3 Å². The van der Waals surface area contributed by atoms with E-state index >= 15 is 0 Å². The topological polar surface area (TPSA) is 45.7 Å².